The van der Waals surface area contributed by atoms with E-state index in [1.54, 1.807) is 13.0 Å². The average Bonchev–Trinajstić information content (AvgIpc) is 2.28. The Morgan fingerprint density at radius 1 is 1.50 bits per heavy atom. The fourth-order valence-electron chi connectivity index (χ4n) is 2.09. The molecule has 0 amide bonds. The molecule has 0 aliphatic carbocycles. The quantitative estimate of drug-likeness (QED) is 0.669. The summed E-state index contributed by atoms with van der Waals surface area (Å²) in [5, 5.41) is 3.22. The van der Waals surface area contributed by atoms with Crippen LogP contribution in [0.5, 0.6) is 0 Å². The lowest BCUT2D eigenvalue weighted by Gasteiger charge is -2.22. The van der Waals surface area contributed by atoms with Gasteiger partial charge in [0.05, 0.1) is 5.75 Å². The number of sulfone groups is 1. The van der Waals surface area contributed by atoms with Crippen LogP contribution in [0.2, 0.25) is 5.15 Å². The molecule has 1 N–H and O–H groups in total. The van der Waals surface area contributed by atoms with Gasteiger partial charge in [-0.2, -0.15) is 0 Å². The van der Waals surface area contributed by atoms with Gasteiger partial charge in [0.2, 0.25) is 15.0 Å². The highest BCUT2D eigenvalue weighted by atomic mass is 35.5. The van der Waals surface area contributed by atoms with Crippen molar-refractivity contribution in [1.82, 2.24) is 15.3 Å². The lowest BCUT2D eigenvalue weighted by Crippen LogP contribution is -2.34. The molecule has 2 rings (SSSR count). The molecule has 18 heavy (non-hydrogen) atoms. The summed E-state index contributed by atoms with van der Waals surface area (Å²) in [6.45, 7) is 3.40. The summed E-state index contributed by atoms with van der Waals surface area (Å²) in [6.07, 6.45) is 1.93. The van der Waals surface area contributed by atoms with E-state index in [9.17, 15) is 8.42 Å². The standard InChI is InChI=1S/C11H16ClN3O2S/c1-8-5-10(12)15-11(14-8)18(16,17)7-9-3-2-4-13-6-9/h5,9,13H,2-4,6-7H2,1H3. The van der Waals surface area contributed by atoms with Crippen molar-refractivity contribution in [3.63, 3.8) is 0 Å². The summed E-state index contributed by atoms with van der Waals surface area (Å²) in [4.78, 5) is 7.78. The van der Waals surface area contributed by atoms with Gasteiger partial charge in [-0.15, -0.1) is 0 Å². The Kier molecular flexibility index (Phi) is 4.19. The van der Waals surface area contributed by atoms with Crippen LogP contribution in [0.25, 0.3) is 0 Å². The van der Waals surface area contributed by atoms with Crippen LogP contribution in [0.15, 0.2) is 11.2 Å². The van der Waals surface area contributed by atoms with E-state index in [2.05, 4.69) is 15.3 Å². The largest absolute Gasteiger partial charge is 0.316 e. The molecule has 0 radical (unpaired) electrons. The first kappa shape index (κ1) is 13.7. The molecule has 0 aromatic carbocycles. The molecule has 5 nitrogen and oxygen atoms in total. The second-order valence-corrected chi connectivity index (χ2v) is 6.92. The third-order valence-corrected chi connectivity index (χ3v) is 4.78. The van der Waals surface area contributed by atoms with Crippen LogP contribution in [0.3, 0.4) is 0 Å². The van der Waals surface area contributed by atoms with Gasteiger partial charge in [-0.25, -0.2) is 18.4 Å². The molecule has 1 aromatic heterocycles. The Morgan fingerprint density at radius 2 is 2.28 bits per heavy atom. The summed E-state index contributed by atoms with van der Waals surface area (Å²) < 4.78 is 24.4. The molecule has 1 fully saturated rings. The number of rotatable bonds is 3. The summed E-state index contributed by atoms with van der Waals surface area (Å²) >= 11 is 5.77. The maximum atomic E-state index is 12.2. The van der Waals surface area contributed by atoms with Crippen molar-refractivity contribution in [2.45, 2.75) is 24.9 Å². The second-order valence-electron chi connectivity index (χ2n) is 4.61. The van der Waals surface area contributed by atoms with Crippen molar-refractivity contribution in [3.8, 4) is 0 Å². The van der Waals surface area contributed by atoms with Gasteiger partial charge in [-0.1, -0.05) is 11.6 Å². The second kappa shape index (κ2) is 5.50. The predicted molar refractivity (Wildman–Crippen MR) is 69.4 cm³/mol. The first-order valence-electron chi connectivity index (χ1n) is 5.92. The van der Waals surface area contributed by atoms with Gasteiger partial charge in [-0.05, 0) is 44.8 Å². The number of piperidine rings is 1. The van der Waals surface area contributed by atoms with Crippen LogP contribution in [0.1, 0.15) is 18.5 Å². The third-order valence-electron chi connectivity index (χ3n) is 2.93. The van der Waals surface area contributed by atoms with E-state index in [1.165, 1.54) is 0 Å². The maximum Gasteiger partial charge on any atom is 0.248 e. The summed E-state index contributed by atoms with van der Waals surface area (Å²) in [7, 11) is -3.45. The van der Waals surface area contributed by atoms with Gasteiger partial charge < -0.3 is 5.32 Å². The fourth-order valence-corrected chi connectivity index (χ4v) is 3.96. The normalized spacial score (nSPS) is 20.9. The minimum absolute atomic E-state index is 0.0831. The number of halogens is 1. The monoisotopic (exact) mass is 289 g/mol. The average molecular weight is 290 g/mol. The van der Waals surface area contributed by atoms with E-state index in [0.717, 1.165) is 25.9 Å². The van der Waals surface area contributed by atoms with Crippen LogP contribution < -0.4 is 5.32 Å². The highest BCUT2D eigenvalue weighted by Gasteiger charge is 2.25. The Balaban J connectivity index is 2.19. The van der Waals surface area contributed by atoms with Crippen LogP contribution in [-0.4, -0.2) is 37.2 Å². The minimum Gasteiger partial charge on any atom is -0.316 e. The number of aromatic nitrogens is 2. The smallest absolute Gasteiger partial charge is 0.248 e. The Morgan fingerprint density at radius 3 is 2.89 bits per heavy atom. The summed E-state index contributed by atoms with van der Waals surface area (Å²) in [5.41, 5.74) is 0.565. The van der Waals surface area contributed by atoms with Crippen LogP contribution in [-0.2, 0) is 9.84 Å². The summed E-state index contributed by atoms with van der Waals surface area (Å²) in [6, 6.07) is 1.54. The number of hydrogen-bond donors (Lipinski definition) is 1. The molecule has 1 saturated heterocycles. The van der Waals surface area contributed by atoms with Crippen molar-refractivity contribution in [2.24, 2.45) is 5.92 Å². The lowest BCUT2D eigenvalue weighted by molar-refractivity contribution is 0.403. The van der Waals surface area contributed by atoms with Crippen molar-refractivity contribution in [1.29, 1.82) is 0 Å². The maximum absolute atomic E-state index is 12.2. The molecule has 2 heterocycles. The Labute approximate surface area is 112 Å². The minimum atomic E-state index is -3.45. The molecule has 0 saturated carbocycles. The van der Waals surface area contributed by atoms with Gasteiger partial charge in [0.15, 0.2) is 0 Å². The van der Waals surface area contributed by atoms with Crippen LogP contribution in [0.4, 0.5) is 0 Å². The first-order chi connectivity index (χ1) is 8.47. The van der Waals surface area contributed by atoms with Crippen LogP contribution in [0, 0.1) is 12.8 Å². The Hall–Kier alpha value is -0.720. The van der Waals surface area contributed by atoms with Gasteiger partial charge >= 0.3 is 0 Å². The van der Waals surface area contributed by atoms with Gasteiger partial charge in [0.1, 0.15) is 5.15 Å². The molecule has 1 aliphatic rings. The molecule has 0 bridgehead atoms. The fraction of sp³-hybridized carbons (Fsp3) is 0.636. The van der Waals surface area contributed by atoms with Gasteiger partial charge in [-0.3, -0.25) is 0 Å². The molecule has 7 heteroatoms. The zero-order valence-corrected chi connectivity index (χ0v) is 11.8. The zero-order valence-electron chi connectivity index (χ0n) is 10.2. The number of hydrogen-bond acceptors (Lipinski definition) is 5. The summed E-state index contributed by atoms with van der Waals surface area (Å²) in [5.74, 6) is 0.214. The van der Waals surface area contributed by atoms with E-state index < -0.39 is 9.84 Å². The SMILES string of the molecule is Cc1cc(Cl)nc(S(=O)(=O)CC2CCCNC2)n1. The van der Waals surface area contributed by atoms with Crippen molar-refractivity contribution >= 4 is 21.4 Å². The number of nitrogens with one attached hydrogen (secondary N) is 1. The van der Waals surface area contributed by atoms with Gasteiger partial charge in [0, 0.05) is 5.69 Å². The molecule has 1 atom stereocenters. The van der Waals surface area contributed by atoms with E-state index in [0.29, 0.717) is 5.69 Å². The third kappa shape index (κ3) is 3.40. The number of nitrogens with zero attached hydrogens (tertiary/aromatic N) is 2. The highest BCUT2D eigenvalue weighted by Crippen LogP contribution is 2.18. The molecule has 1 unspecified atom stereocenters. The molecular weight excluding hydrogens is 274 g/mol. The molecule has 0 spiro atoms. The van der Waals surface area contributed by atoms with Gasteiger partial charge in [0.25, 0.3) is 0 Å². The molecule has 1 aromatic rings. The number of aryl methyl sites for hydroxylation is 1. The van der Waals surface area contributed by atoms with Crippen LogP contribution >= 0.6 is 11.6 Å². The van der Waals surface area contributed by atoms with E-state index >= 15 is 0 Å². The Bertz CT molecular complexity index is 507. The van der Waals surface area contributed by atoms with Crippen molar-refractivity contribution in [2.75, 3.05) is 18.8 Å². The lowest BCUT2D eigenvalue weighted by atomic mass is 10.0. The molecule has 1 aliphatic heterocycles. The van der Waals surface area contributed by atoms with E-state index in [1.807, 2.05) is 0 Å². The zero-order chi connectivity index (χ0) is 13.2. The van der Waals surface area contributed by atoms with E-state index in [4.69, 9.17) is 11.6 Å². The topological polar surface area (TPSA) is 72.0 Å². The molecular formula is C11H16ClN3O2S. The highest BCUT2D eigenvalue weighted by molar-refractivity contribution is 7.91. The van der Waals surface area contributed by atoms with Crippen molar-refractivity contribution < 1.29 is 8.42 Å². The molecule has 100 valence electrons. The van der Waals surface area contributed by atoms with Crippen molar-refractivity contribution in [3.05, 3.63) is 16.9 Å². The predicted octanol–water partition coefficient (Wildman–Crippen LogP) is 1.21. The first-order valence-corrected chi connectivity index (χ1v) is 7.95. The van der Waals surface area contributed by atoms with E-state index in [-0.39, 0.29) is 22.0 Å².